The Labute approximate surface area is 241 Å². The molecule has 0 bridgehead atoms. The Morgan fingerprint density at radius 2 is 1.35 bits per heavy atom. The monoisotopic (exact) mass is 670 g/mol. The van der Waals surface area contributed by atoms with Gasteiger partial charge in [0.25, 0.3) is 0 Å². The first-order chi connectivity index (χ1) is 18.8. The Bertz CT molecular complexity index is 1780. The SMILES string of the molecule is CC(=O)C1CC2=C(O1)C(=O)c1ccc(Br)c(O)c1C2=O.CC(=O)c1cc2c(o1)C(=O)c1ccc(Br)c(O)c1C2=O. The number of benzene rings is 2. The highest BCUT2D eigenvalue weighted by molar-refractivity contribution is 9.10. The van der Waals surface area contributed by atoms with Gasteiger partial charge in [0, 0.05) is 24.5 Å². The van der Waals surface area contributed by atoms with E-state index in [1.807, 2.05) is 0 Å². The van der Waals surface area contributed by atoms with Gasteiger partial charge in [-0.25, -0.2) is 0 Å². The van der Waals surface area contributed by atoms with E-state index in [1.165, 1.54) is 44.2 Å². The minimum absolute atomic E-state index is 0.00102. The van der Waals surface area contributed by atoms with Crippen molar-refractivity contribution in [2.24, 2.45) is 0 Å². The summed E-state index contributed by atoms with van der Waals surface area (Å²) in [6.07, 6.45) is -0.728. The lowest BCUT2D eigenvalue weighted by atomic mass is 9.86. The number of carbonyl (C=O) groups is 6. The zero-order valence-electron chi connectivity index (χ0n) is 20.6. The van der Waals surface area contributed by atoms with Crippen molar-refractivity contribution in [3.8, 4) is 11.5 Å². The predicted octanol–water partition coefficient (Wildman–Crippen LogP) is 4.89. The molecule has 12 heteroatoms. The predicted molar refractivity (Wildman–Crippen MR) is 143 cm³/mol. The maximum absolute atomic E-state index is 12.4. The molecule has 2 heterocycles. The normalized spacial score (nSPS) is 16.9. The average molecular weight is 672 g/mol. The number of ether oxygens (including phenoxy) is 1. The van der Waals surface area contributed by atoms with Crippen molar-refractivity contribution in [2.75, 3.05) is 0 Å². The molecule has 0 radical (unpaired) electrons. The van der Waals surface area contributed by atoms with Crippen LogP contribution in [0.2, 0.25) is 0 Å². The summed E-state index contributed by atoms with van der Waals surface area (Å²) in [5, 5.41) is 19.9. The van der Waals surface area contributed by atoms with Crippen LogP contribution in [0.5, 0.6) is 11.5 Å². The molecule has 2 N–H and O–H groups in total. The summed E-state index contributed by atoms with van der Waals surface area (Å²) >= 11 is 6.21. The van der Waals surface area contributed by atoms with Gasteiger partial charge in [0.1, 0.15) is 11.5 Å². The van der Waals surface area contributed by atoms with Gasteiger partial charge in [0.2, 0.25) is 17.3 Å². The van der Waals surface area contributed by atoms with Crippen LogP contribution in [0.15, 0.2) is 55.0 Å². The number of phenols is 2. The molecule has 3 aliphatic rings. The van der Waals surface area contributed by atoms with Crippen LogP contribution in [0.25, 0.3) is 0 Å². The lowest BCUT2D eigenvalue weighted by Crippen LogP contribution is -2.20. The largest absolute Gasteiger partial charge is 0.506 e. The quantitative estimate of drug-likeness (QED) is 0.280. The van der Waals surface area contributed by atoms with Gasteiger partial charge in [-0.2, -0.15) is 0 Å². The zero-order chi connectivity index (χ0) is 29.2. The highest BCUT2D eigenvalue weighted by Crippen LogP contribution is 2.41. The Morgan fingerprint density at radius 3 is 1.90 bits per heavy atom. The number of hydrogen-bond acceptors (Lipinski definition) is 10. The summed E-state index contributed by atoms with van der Waals surface area (Å²) < 4.78 is 11.1. The van der Waals surface area contributed by atoms with Crippen LogP contribution < -0.4 is 0 Å². The molecule has 1 unspecified atom stereocenters. The standard InChI is InChI=1S/C14H9BrO5.C14H7BrO5/c2*1-5(16)9-4-7-11(17)10-6(12(18)14(7)20-9)2-3-8(15)13(10)19/h2-3,9,19H,4H2,1H3;2-4,19H,1H3. The van der Waals surface area contributed by atoms with Gasteiger partial charge in [0.15, 0.2) is 40.7 Å². The van der Waals surface area contributed by atoms with E-state index < -0.39 is 29.2 Å². The molecule has 2 aromatic carbocycles. The summed E-state index contributed by atoms with van der Waals surface area (Å²) in [5.41, 5.74) is 0.215. The first kappa shape index (κ1) is 27.4. The zero-order valence-corrected chi connectivity index (χ0v) is 23.8. The highest BCUT2D eigenvalue weighted by atomic mass is 79.9. The fourth-order valence-electron chi connectivity index (χ4n) is 4.55. The molecule has 0 saturated carbocycles. The molecule has 2 aliphatic carbocycles. The molecule has 1 aromatic heterocycles. The molecular weight excluding hydrogens is 656 g/mol. The summed E-state index contributed by atoms with van der Waals surface area (Å²) in [6.45, 7) is 2.62. The van der Waals surface area contributed by atoms with Crippen LogP contribution >= 0.6 is 31.9 Å². The van der Waals surface area contributed by atoms with Crippen molar-refractivity contribution >= 4 is 66.6 Å². The highest BCUT2D eigenvalue weighted by Gasteiger charge is 2.43. The van der Waals surface area contributed by atoms with Crippen LogP contribution in [0.1, 0.15) is 83.6 Å². The number of furan rings is 1. The molecule has 0 amide bonds. The minimum Gasteiger partial charge on any atom is -0.506 e. The smallest absolute Gasteiger partial charge is 0.229 e. The lowest BCUT2D eigenvalue weighted by molar-refractivity contribution is -0.124. The van der Waals surface area contributed by atoms with Gasteiger partial charge in [-0.3, -0.25) is 28.8 Å². The van der Waals surface area contributed by atoms with E-state index in [4.69, 9.17) is 9.15 Å². The van der Waals surface area contributed by atoms with Gasteiger partial charge in [-0.1, -0.05) is 0 Å². The number of Topliss-reactive ketones (excluding diaryl/α,β-unsaturated/α-hetero) is 4. The summed E-state index contributed by atoms with van der Waals surface area (Å²) in [7, 11) is 0. The minimum atomic E-state index is -0.798. The number of phenolic OH excluding ortho intramolecular Hbond substituents is 2. The molecule has 6 rings (SSSR count). The first-order valence-electron chi connectivity index (χ1n) is 11.6. The third-order valence-corrected chi connectivity index (χ3v) is 7.87. The number of halogens is 2. The second kappa shape index (κ2) is 9.79. The Kier molecular flexibility index (Phi) is 6.71. The van der Waals surface area contributed by atoms with Crippen LogP contribution in [0.4, 0.5) is 0 Å². The second-order valence-electron chi connectivity index (χ2n) is 9.09. The van der Waals surface area contributed by atoms with Crippen LogP contribution in [0.3, 0.4) is 0 Å². The molecule has 202 valence electrons. The Hall–Kier alpha value is -4.16. The van der Waals surface area contributed by atoms with E-state index in [-0.39, 0.29) is 80.2 Å². The topological polar surface area (TPSA) is 165 Å². The van der Waals surface area contributed by atoms with Gasteiger partial charge >= 0.3 is 0 Å². The van der Waals surface area contributed by atoms with E-state index in [0.717, 1.165) is 0 Å². The number of fused-ring (bicyclic) bond motifs is 3. The van der Waals surface area contributed by atoms with Crippen molar-refractivity contribution in [1.82, 2.24) is 0 Å². The maximum atomic E-state index is 12.4. The van der Waals surface area contributed by atoms with Gasteiger partial charge in [-0.05, 0) is 69.1 Å². The molecule has 1 aliphatic heterocycles. The molecular formula is C28H16Br2O10. The fraction of sp³-hybridized carbons (Fsp3) is 0.143. The average Bonchev–Trinajstić information content (AvgIpc) is 3.56. The third kappa shape index (κ3) is 4.14. The molecule has 0 saturated heterocycles. The Morgan fingerprint density at radius 1 is 0.800 bits per heavy atom. The van der Waals surface area contributed by atoms with Crippen LogP contribution in [-0.4, -0.2) is 51.0 Å². The van der Waals surface area contributed by atoms with E-state index in [0.29, 0.717) is 8.95 Å². The second-order valence-corrected chi connectivity index (χ2v) is 10.8. The molecule has 1 atom stereocenters. The van der Waals surface area contributed by atoms with Crippen molar-refractivity contribution in [2.45, 2.75) is 26.4 Å². The van der Waals surface area contributed by atoms with Crippen molar-refractivity contribution < 1.29 is 48.1 Å². The van der Waals surface area contributed by atoms with Crippen molar-refractivity contribution in [3.63, 3.8) is 0 Å². The number of carbonyl (C=O) groups excluding carboxylic acids is 6. The third-order valence-electron chi connectivity index (χ3n) is 6.59. The van der Waals surface area contributed by atoms with E-state index in [1.54, 1.807) is 0 Å². The van der Waals surface area contributed by atoms with Crippen LogP contribution in [-0.2, 0) is 9.53 Å². The number of aromatic hydroxyl groups is 2. The summed E-state index contributed by atoms with van der Waals surface area (Å²) in [6, 6.07) is 7.08. The first-order valence-corrected chi connectivity index (χ1v) is 13.2. The summed E-state index contributed by atoms with van der Waals surface area (Å²) in [4.78, 5) is 72.0. The number of ketones is 6. The molecule has 0 fully saturated rings. The Balaban J connectivity index is 0.000000161. The fourth-order valence-corrected chi connectivity index (χ4v) is 5.21. The molecule has 0 spiro atoms. The number of allylic oxidation sites excluding steroid dienone is 1. The van der Waals surface area contributed by atoms with E-state index in [2.05, 4.69) is 31.9 Å². The van der Waals surface area contributed by atoms with Crippen molar-refractivity contribution in [3.05, 3.63) is 89.9 Å². The van der Waals surface area contributed by atoms with Crippen LogP contribution in [0, 0.1) is 0 Å². The lowest BCUT2D eigenvalue weighted by Gasteiger charge is -2.16. The molecule has 3 aromatic rings. The van der Waals surface area contributed by atoms with Gasteiger partial charge < -0.3 is 19.4 Å². The summed E-state index contributed by atoms with van der Waals surface area (Å²) in [5.74, 6) is -3.45. The molecule has 10 nitrogen and oxygen atoms in total. The van der Waals surface area contributed by atoms with E-state index >= 15 is 0 Å². The number of rotatable bonds is 2. The number of hydrogen-bond donors (Lipinski definition) is 2. The van der Waals surface area contributed by atoms with Crippen molar-refractivity contribution in [1.29, 1.82) is 0 Å². The van der Waals surface area contributed by atoms with Gasteiger partial charge in [0.05, 0.1) is 31.2 Å². The maximum Gasteiger partial charge on any atom is 0.229 e. The van der Waals surface area contributed by atoms with Gasteiger partial charge in [-0.15, -0.1) is 0 Å². The van der Waals surface area contributed by atoms with E-state index in [9.17, 15) is 39.0 Å². The molecule has 40 heavy (non-hydrogen) atoms.